The summed E-state index contributed by atoms with van der Waals surface area (Å²) >= 11 is 0. The van der Waals surface area contributed by atoms with Crippen LogP contribution in [0.3, 0.4) is 0 Å². The van der Waals surface area contributed by atoms with Crippen molar-refractivity contribution in [2.45, 2.75) is 18.9 Å². The minimum absolute atomic E-state index is 0.0608. The number of methoxy groups -OCH3 is 1. The quantitative estimate of drug-likeness (QED) is 0.513. The van der Waals surface area contributed by atoms with Crippen molar-refractivity contribution >= 4 is 39.7 Å². The van der Waals surface area contributed by atoms with Crippen LogP contribution in [0.4, 0.5) is 0 Å². The average molecular weight is 366 g/mol. The number of ether oxygens (including phenoxy) is 1. The number of pyridine rings is 1. The van der Waals surface area contributed by atoms with Crippen LogP contribution in [0.1, 0.15) is 23.2 Å². The van der Waals surface area contributed by atoms with Gasteiger partial charge in [0.25, 0.3) is 5.91 Å². The van der Waals surface area contributed by atoms with Crippen LogP contribution in [-0.4, -0.2) is 41.1 Å². The number of fused-ring (bicyclic) bond motifs is 2. The largest absolute Gasteiger partial charge is 0.480 e. The number of hydrogen-bond acceptors (Lipinski definition) is 5. The molecule has 0 aliphatic rings. The fourth-order valence-electron chi connectivity index (χ4n) is 2.94. The minimum Gasteiger partial charge on any atom is -0.480 e. The summed E-state index contributed by atoms with van der Waals surface area (Å²) in [6.45, 7) is 0. The van der Waals surface area contributed by atoms with E-state index in [-0.39, 0.29) is 12.8 Å². The van der Waals surface area contributed by atoms with E-state index < -0.39 is 23.9 Å². The minimum atomic E-state index is -1.21. The van der Waals surface area contributed by atoms with Gasteiger partial charge in [-0.3, -0.25) is 9.59 Å². The number of rotatable bonds is 6. The maximum absolute atomic E-state index is 13.0. The molecule has 3 aromatic rings. The van der Waals surface area contributed by atoms with Crippen molar-refractivity contribution in [2.75, 3.05) is 7.11 Å². The van der Waals surface area contributed by atoms with Crippen molar-refractivity contribution < 1.29 is 24.2 Å². The molecule has 0 saturated heterocycles. The molecule has 2 aromatic carbocycles. The third kappa shape index (κ3) is 3.87. The lowest BCUT2D eigenvalue weighted by atomic mass is 10.0. The van der Waals surface area contributed by atoms with Gasteiger partial charge in [0.1, 0.15) is 6.04 Å². The number of hydrogen-bond donors (Lipinski definition) is 2. The fourth-order valence-corrected chi connectivity index (χ4v) is 2.94. The Labute approximate surface area is 155 Å². The first-order valence-corrected chi connectivity index (χ1v) is 8.39. The predicted molar refractivity (Wildman–Crippen MR) is 99.4 cm³/mol. The zero-order chi connectivity index (χ0) is 19.4. The maximum atomic E-state index is 13.0. The molecule has 1 atom stereocenters. The zero-order valence-electron chi connectivity index (χ0n) is 14.6. The van der Waals surface area contributed by atoms with E-state index in [0.29, 0.717) is 27.4 Å². The van der Waals surface area contributed by atoms with Crippen molar-refractivity contribution in [2.24, 2.45) is 0 Å². The lowest BCUT2D eigenvalue weighted by Gasteiger charge is -2.16. The normalized spacial score (nSPS) is 11.9. The van der Waals surface area contributed by atoms with Crippen LogP contribution < -0.4 is 5.32 Å². The molecule has 0 radical (unpaired) electrons. The second kappa shape index (κ2) is 7.82. The molecule has 3 rings (SSSR count). The van der Waals surface area contributed by atoms with Crippen LogP contribution >= 0.6 is 0 Å². The molecule has 27 heavy (non-hydrogen) atoms. The molecular formula is C20H18N2O5. The van der Waals surface area contributed by atoms with Gasteiger partial charge in [0, 0.05) is 17.2 Å². The number of nitrogens with one attached hydrogen (secondary N) is 1. The summed E-state index contributed by atoms with van der Waals surface area (Å²) in [5.41, 5.74) is 1.64. The van der Waals surface area contributed by atoms with E-state index in [9.17, 15) is 19.5 Å². The third-order valence-corrected chi connectivity index (χ3v) is 4.28. The predicted octanol–water partition coefficient (Wildman–Crippen LogP) is 2.52. The highest BCUT2D eigenvalue weighted by Gasteiger charge is 2.24. The van der Waals surface area contributed by atoms with E-state index in [1.165, 1.54) is 7.11 Å². The van der Waals surface area contributed by atoms with Crippen molar-refractivity contribution in [3.8, 4) is 0 Å². The smallest absolute Gasteiger partial charge is 0.326 e. The van der Waals surface area contributed by atoms with E-state index in [4.69, 9.17) is 0 Å². The summed E-state index contributed by atoms with van der Waals surface area (Å²) in [5, 5.41) is 13.2. The lowest BCUT2D eigenvalue weighted by Crippen LogP contribution is -2.41. The Hall–Kier alpha value is -3.48. The summed E-state index contributed by atoms with van der Waals surface area (Å²) in [7, 11) is 1.23. The number of nitrogens with zero attached hydrogens (tertiary/aromatic N) is 1. The third-order valence-electron chi connectivity index (χ3n) is 4.28. The number of carboxylic acids is 1. The summed E-state index contributed by atoms with van der Waals surface area (Å²) in [4.78, 5) is 40.4. The Balaban J connectivity index is 2.00. The average Bonchev–Trinajstić information content (AvgIpc) is 2.68. The molecule has 138 valence electrons. The van der Waals surface area contributed by atoms with Crippen LogP contribution in [0, 0.1) is 0 Å². The first-order chi connectivity index (χ1) is 13.0. The van der Waals surface area contributed by atoms with Crippen LogP contribution in [0.15, 0.2) is 48.5 Å². The highest BCUT2D eigenvalue weighted by molar-refractivity contribution is 6.16. The van der Waals surface area contributed by atoms with Crippen molar-refractivity contribution in [3.05, 3.63) is 54.1 Å². The van der Waals surface area contributed by atoms with E-state index >= 15 is 0 Å². The van der Waals surface area contributed by atoms with Gasteiger partial charge in [-0.25, -0.2) is 9.78 Å². The lowest BCUT2D eigenvalue weighted by molar-refractivity contribution is -0.142. The summed E-state index contributed by atoms with van der Waals surface area (Å²) in [6.07, 6.45) is -0.166. The first-order valence-electron chi connectivity index (χ1n) is 8.39. The number of carboxylic acid groups (broad SMARTS) is 1. The Bertz CT molecular complexity index is 977. The van der Waals surface area contributed by atoms with Crippen molar-refractivity contribution in [3.63, 3.8) is 0 Å². The number of esters is 1. The molecule has 0 unspecified atom stereocenters. The second-order valence-electron chi connectivity index (χ2n) is 6.00. The van der Waals surface area contributed by atoms with Gasteiger partial charge in [0.05, 0.1) is 23.7 Å². The van der Waals surface area contributed by atoms with Gasteiger partial charge in [0.15, 0.2) is 0 Å². The molecule has 1 aromatic heterocycles. The van der Waals surface area contributed by atoms with Gasteiger partial charge in [-0.15, -0.1) is 0 Å². The molecule has 7 heteroatoms. The highest BCUT2D eigenvalue weighted by Crippen LogP contribution is 2.26. The fraction of sp³-hybridized carbons (Fsp3) is 0.200. The topological polar surface area (TPSA) is 106 Å². The number of aromatic nitrogens is 1. The molecule has 0 fully saturated rings. The zero-order valence-corrected chi connectivity index (χ0v) is 14.6. The van der Waals surface area contributed by atoms with Crippen LogP contribution in [0.25, 0.3) is 21.8 Å². The van der Waals surface area contributed by atoms with E-state index in [0.717, 1.165) is 0 Å². The summed E-state index contributed by atoms with van der Waals surface area (Å²) in [5.74, 6) is -2.27. The molecule has 7 nitrogen and oxygen atoms in total. The Morgan fingerprint density at radius 2 is 1.59 bits per heavy atom. The number of aliphatic carboxylic acids is 1. The Morgan fingerprint density at radius 1 is 1.04 bits per heavy atom. The number of carbonyl (C=O) groups is 3. The van der Waals surface area contributed by atoms with E-state index in [1.807, 2.05) is 12.1 Å². The van der Waals surface area contributed by atoms with Crippen molar-refractivity contribution in [1.29, 1.82) is 0 Å². The second-order valence-corrected chi connectivity index (χ2v) is 6.00. The molecule has 0 aliphatic heterocycles. The first kappa shape index (κ1) is 18.3. The standard InChI is InChI=1S/C20H18N2O5/c1-27-17(23)11-10-16(20(25)26)22-19(24)18-12-6-2-4-8-14(12)21-15-9-5-3-7-13(15)18/h2-9,16H,10-11H2,1H3,(H,22,24)(H,25,26)/t16-/m0/s1. The van der Waals surface area contributed by atoms with E-state index in [2.05, 4.69) is 15.0 Å². The SMILES string of the molecule is COC(=O)CC[C@H](NC(=O)c1c2ccccc2nc2ccccc12)C(=O)O. The molecule has 1 amide bonds. The summed E-state index contributed by atoms with van der Waals surface area (Å²) < 4.78 is 4.53. The van der Waals surface area contributed by atoms with Crippen LogP contribution in [0.2, 0.25) is 0 Å². The summed E-state index contributed by atoms with van der Waals surface area (Å²) in [6, 6.07) is 13.2. The van der Waals surface area contributed by atoms with Gasteiger partial charge in [-0.1, -0.05) is 36.4 Å². The molecular weight excluding hydrogens is 348 g/mol. The maximum Gasteiger partial charge on any atom is 0.326 e. The number of para-hydroxylation sites is 2. The molecule has 0 bridgehead atoms. The molecule has 1 heterocycles. The number of benzene rings is 2. The van der Waals surface area contributed by atoms with Gasteiger partial charge in [-0.2, -0.15) is 0 Å². The van der Waals surface area contributed by atoms with Gasteiger partial charge >= 0.3 is 11.9 Å². The van der Waals surface area contributed by atoms with Crippen LogP contribution in [0.5, 0.6) is 0 Å². The van der Waals surface area contributed by atoms with Gasteiger partial charge < -0.3 is 15.2 Å². The molecule has 0 aliphatic carbocycles. The highest BCUT2D eigenvalue weighted by atomic mass is 16.5. The Morgan fingerprint density at radius 3 is 2.11 bits per heavy atom. The number of carbonyl (C=O) groups excluding carboxylic acids is 2. The van der Waals surface area contributed by atoms with E-state index in [1.54, 1.807) is 36.4 Å². The monoisotopic (exact) mass is 366 g/mol. The molecule has 2 N–H and O–H groups in total. The molecule has 0 saturated carbocycles. The van der Waals surface area contributed by atoms with Crippen LogP contribution in [-0.2, 0) is 14.3 Å². The molecule has 0 spiro atoms. The van der Waals surface area contributed by atoms with Crippen molar-refractivity contribution in [1.82, 2.24) is 10.3 Å². The van der Waals surface area contributed by atoms with Gasteiger partial charge in [0.2, 0.25) is 0 Å². The van der Waals surface area contributed by atoms with Gasteiger partial charge in [-0.05, 0) is 18.6 Å². The Kier molecular flexibility index (Phi) is 5.30. The number of amides is 1.